The molecule has 0 aliphatic heterocycles. The molecule has 0 aliphatic carbocycles. The number of imidazole rings is 1. The maximum atomic E-state index is 11.3. The number of carboxylic acids is 1. The minimum absolute atomic E-state index is 0.0559. The van der Waals surface area contributed by atoms with Gasteiger partial charge in [-0.05, 0) is 6.92 Å². The van der Waals surface area contributed by atoms with E-state index in [-0.39, 0.29) is 11.2 Å². The van der Waals surface area contributed by atoms with E-state index in [9.17, 15) is 9.59 Å². The number of aromatic amines is 1. The van der Waals surface area contributed by atoms with Crippen LogP contribution in [0.4, 0.5) is 0 Å². The molecule has 84 valence electrons. The Hall–Kier alpha value is -2.22. The lowest BCUT2D eigenvalue weighted by Gasteiger charge is -2.20. The van der Waals surface area contributed by atoms with Gasteiger partial charge in [0.2, 0.25) is 0 Å². The highest BCUT2D eigenvalue weighted by molar-refractivity contribution is 5.79. The molecule has 4 N–H and O–H groups in total. The van der Waals surface area contributed by atoms with E-state index < -0.39 is 17.2 Å². The molecule has 0 saturated carbocycles. The quantitative estimate of drug-likeness (QED) is 0.589. The van der Waals surface area contributed by atoms with Crippen molar-refractivity contribution in [3.8, 4) is 0 Å². The van der Waals surface area contributed by atoms with Gasteiger partial charge in [0.25, 0.3) is 5.56 Å². The van der Waals surface area contributed by atoms with E-state index in [2.05, 4.69) is 15.0 Å². The van der Waals surface area contributed by atoms with Crippen molar-refractivity contribution < 1.29 is 9.90 Å². The second-order valence-electron chi connectivity index (χ2n) is 3.47. The van der Waals surface area contributed by atoms with Crippen molar-refractivity contribution in [2.45, 2.75) is 12.6 Å². The third-order valence-electron chi connectivity index (χ3n) is 2.27. The number of hydrogen-bond acceptors (Lipinski definition) is 5. The van der Waals surface area contributed by atoms with Crippen LogP contribution in [0.15, 0.2) is 17.4 Å². The smallest absolute Gasteiger partial charge is 0.344 e. The van der Waals surface area contributed by atoms with Crippen LogP contribution in [0.3, 0.4) is 0 Å². The summed E-state index contributed by atoms with van der Waals surface area (Å²) in [6.45, 7) is 1.29. The molecule has 0 fully saturated rings. The second kappa shape index (κ2) is 3.14. The van der Waals surface area contributed by atoms with Crippen LogP contribution in [-0.2, 0) is 10.5 Å². The van der Waals surface area contributed by atoms with Crippen LogP contribution in [0.25, 0.3) is 11.2 Å². The molecule has 2 aromatic heterocycles. The molecule has 0 spiro atoms. The summed E-state index contributed by atoms with van der Waals surface area (Å²) in [5.41, 5.74) is 3.67. The minimum Gasteiger partial charge on any atom is -0.478 e. The van der Waals surface area contributed by atoms with Gasteiger partial charge in [0, 0.05) is 0 Å². The topological polar surface area (TPSA) is 127 Å². The number of rotatable bonds is 2. The van der Waals surface area contributed by atoms with Gasteiger partial charge >= 0.3 is 5.97 Å². The first-order valence-electron chi connectivity index (χ1n) is 4.38. The predicted octanol–water partition coefficient (Wildman–Crippen LogP) is -1.16. The van der Waals surface area contributed by atoms with E-state index in [1.807, 2.05) is 0 Å². The van der Waals surface area contributed by atoms with Crippen molar-refractivity contribution in [2.75, 3.05) is 0 Å². The van der Waals surface area contributed by atoms with Crippen LogP contribution in [0.1, 0.15) is 6.92 Å². The molecule has 0 amide bonds. The van der Waals surface area contributed by atoms with Gasteiger partial charge in [0.1, 0.15) is 0 Å². The van der Waals surface area contributed by atoms with Gasteiger partial charge in [-0.2, -0.15) is 0 Å². The standard InChI is InChI=1S/C8H9N5O3/c1-8(9,7(15)16)13-3-12-4-5(13)10-2-11-6(4)14/h2-3H,9H2,1H3,(H,15,16)(H,10,11,14)/t8-/m1/s1. The molecule has 2 rings (SSSR count). The molecule has 0 unspecified atom stereocenters. The van der Waals surface area contributed by atoms with Crippen LogP contribution < -0.4 is 11.3 Å². The zero-order chi connectivity index (χ0) is 11.9. The average Bonchev–Trinajstić information content (AvgIpc) is 2.63. The highest BCUT2D eigenvalue weighted by atomic mass is 16.4. The summed E-state index contributed by atoms with van der Waals surface area (Å²) in [5.74, 6) is -1.24. The normalized spacial score (nSPS) is 14.9. The van der Waals surface area contributed by atoms with E-state index in [1.54, 1.807) is 0 Å². The summed E-state index contributed by atoms with van der Waals surface area (Å²) in [6, 6.07) is 0. The predicted molar refractivity (Wildman–Crippen MR) is 53.6 cm³/mol. The Labute approximate surface area is 88.7 Å². The molecule has 0 bridgehead atoms. The number of hydrogen-bond donors (Lipinski definition) is 3. The van der Waals surface area contributed by atoms with Crippen LogP contribution in [0.5, 0.6) is 0 Å². The Kier molecular flexibility index (Phi) is 2.02. The van der Waals surface area contributed by atoms with Gasteiger partial charge in [-0.3, -0.25) is 15.1 Å². The number of aromatic nitrogens is 4. The van der Waals surface area contributed by atoms with E-state index in [1.165, 1.54) is 19.6 Å². The number of carboxylic acid groups (broad SMARTS) is 1. The SMILES string of the molecule is C[C@](N)(C(=O)O)n1cnc2c(=O)[nH]cnc21. The number of fused-ring (bicyclic) bond motifs is 1. The Bertz CT molecular complexity index is 611. The molecule has 16 heavy (non-hydrogen) atoms. The summed E-state index contributed by atoms with van der Waals surface area (Å²) < 4.78 is 1.14. The largest absolute Gasteiger partial charge is 0.478 e. The van der Waals surface area contributed by atoms with Crippen LogP contribution in [0, 0.1) is 0 Å². The van der Waals surface area contributed by atoms with Gasteiger partial charge in [-0.25, -0.2) is 14.8 Å². The molecule has 0 radical (unpaired) electrons. The maximum Gasteiger partial charge on any atom is 0.344 e. The zero-order valence-electron chi connectivity index (χ0n) is 8.34. The van der Waals surface area contributed by atoms with E-state index in [0.29, 0.717) is 0 Å². The third-order valence-corrected chi connectivity index (χ3v) is 2.27. The van der Waals surface area contributed by atoms with E-state index in [4.69, 9.17) is 10.8 Å². The van der Waals surface area contributed by atoms with Gasteiger partial charge in [0.05, 0.1) is 12.7 Å². The lowest BCUT2D eigenvalue weighted by molar-refractivity contribution is -0.146. The molecule has 0 aliphatic rings. The number of carbonyl (C=O) groups is 1. The van der Waals surface area contributed by atoms with Crippen LogP contribution >= 0.6 is 0 Å². The van der Waals surface area contributed by atoms with Gasteiger partial charge < -0.3 is 10.1 Å². The fourth-order valence-electron chi connectivity index (χ4n) is 1.29. The molecule has 2 heterocycles. The first-order chi connectivity index (χ1) is 7.44. The summed E-state index contributed by atoms with van der Waals surface area (Å²) in [4.78, 5) is 32.3. The van der Waals surface area contributed by atoms with Gasteiger partial charge in [-0.1, -0.05) is 0 Å². The van der Waals surface area contributed by atoms with Crippen molar-refractivity contribution in [2.24, 2.45) is 5.73 Å². The Morgan fingerprint density at radius 1 is 1.62 bits per heavy atom. The molecular formula is C8H9N5O3. The summed E-state index contributed by atoms with van der Waals surface area (Å²) in [7, 11) is 0. The summed E-state index contributed by atoms with van der Waals surface area (Å²) in [5, 5.41) is 8.95. The Morgan fingerprint density at radius 2 is 2.31 bits per heavy atom. The summed E-state index contributed by atoms with van der Waals surface area (Å²) in [6.07, 6.45) is 2.35. The molecule has 1 atom stereocenters. The fourth-order valence-corrected chi connectivity index (χ4v) is 1.29. The lowest BCUT2D eigenvalue weighted by Crippen LogP contribution is -2.47. The first-order valence-corrected chi connectivity index (χ1v) is 4.38. The van der Waals surface area contributed by atoms with Crippen LogP contribution in [-0.4, -0.2) is 30.6 Å². The number of H-pyrrole nitrogens is 1. The monoisotopic (exact) mass is 223 g/mol. The second-order valence-corrected chi connectivity index (χ2v) is 3.47. The number of nitrogens with two attached hydrogens (primary N) is 1. The van der Waals surface area contributed by atoms with Crippen molar-refractivity contribution in [1.82, 2.24) is 19.5 Å². The van der Waals surface area contributed by atoms with Gasteiger partial charge in [0.15, 0.2) is 16.8 Å². The highest BCUT2D eigenvalue weighted by Gasteiger charge is 2.32. The van der Waals surface area contributed by atoms with Crippen molar-refractivity contribution in [3.63, 3.8) is 0 Å². The minimum atomic E-state index is -1.70. The van der Waals surface area contributed by atoms with Crippen molar-refractivity contribution in [1.29, 1.82) is 0 Å². The van der Waals surface area contributed by atoms with Crippen LogP contribution in [0.2, 0.25) is 0 Å². The number of nitrogens with one attached hydrogen (secondary N) is 1. The average molecular weight is 223 g/mol. The van der Waals surface area contributed by atoms with Crippen molar-refractivity contribution in [3.05, 3.63) is 23.0 Å². The molecule has 8 nitrogen and oxygen atoms in total. The molecule has 2 aromatic rings. The highest BCUT2D eigenvalue weighted by Crippen LogP contribution is 2.14. The lowest BCUT2D eigenvalue weighted by atomic mass is 10.2. The van der Waals surface area contributed by atoms with Crippen molar-refractivity contribution >= 4 is 17.1 Å². The first kappa shape index (κ1) is 10.3. The van der Waals surface area contributed by atoms with E-state index >= 15 is 0 Å². The zero-order valence-corrected chi connectivity index (χ0v) is 8.34. The molecule has 8 heteroatoms. The van der Waals surface area contributed by atoms with Gasteiger partial charge in [-0.15, -0.1) is 0 Å². The Morgan fingerprint density at radius 3 is 2.94 bits per heavy atom. The fraction of sp³-hybridized carbons (Fsp3) is 0.250. The molecular weight excluding hydrogens is 214 g/mol. The maximum absolute atomic E-state index is 11.3. The number of nitrogens with zero attached hydrogens (tertiary/aromatic N) is 3. The summed E-state index contributed by atoms with van der Waals surface area (Å²) >= 11 is 0. The third kappa shape index (κ3) is 1.27. The Balaban J connectivity index is 2.77. The molecule has 0 saturated heterocycles. The molecule has 0 aromatic carbocycles. The van der Waals surface area contributed by atoms with E-state index in [0.717, 1.165) is 4.57 Å². The number of aliphatic carboxylic acids is 1.